The van der Waals surface area contributed by atoms with Crippen LogP contribution in [0.1, 0.15) is 11.9 Å². The lowest BCUT2D eigenvalue weighted by molar-refractivity contribution is 0.234. The van der Waals surface area contributed by atoms with Gasteiger partial charge in [-0.3, -0.25) is 0 Å². The van der Waals surface area contributed by atoms with E-state index in [1.807, 2.05) is 37.3 Å². The van der Waals surface area contributed by atoms with Crippen molar-refractivity contribution in [1.82, 2.24) is 9.88 Å². The highest BCUT2D eigenvalue weighted by atomic mass is 32.1. The number of thiazole rings is 1. The van der Waals surface area contributed by atoms with Crippen LogP contribution < -0.4 is 10.5 Å². The van der Waals surface area contributed by atoms with Crippen LogP contribution in [0, 0.1) is 6.92 Å². The van der Waals surface area contributed by atoms with E-state index >= 15 is 0 Å². The maximum absolute atomic E-state index is 12.8. The molecule has 6 heteroatoms. The lowest BCUT2D eigenvalue weighted by Crippen LogP contribution is -2.50. The first-order valence-corrected chi connectivity index (χ1v) is 10.7. The van der Waals surface area contributed by atoms with Crippen molar-refractivity contribution in [1.29, 1.82) is 0 Å². The van der Waals surface area contributed by atoms with Crippen LogP contribution >= 0.6 is 11.3 Å². The molecular formula is C23H23N3O2S. The van der Waals surface area contributed by atoms with Crippen molar-refractivity contribution in [2.45, 2.75) is 19.9 Å². The van der Waals surface area contributed by atoms with Crippen LogP contribution in [0.2, 0.25) is 0 Å². The summed E-state index contributed by atoms with van der Waals surface area (Å²) < 4.78 is 6.82. The third-order valence-electron chi connectivity index (χ3n) is 5.85. The Labute approximate surface area is 173 Å². The Bertz CT molecular complexity index is 1280. The van der Waals surface area contributed by atoms with Crippen molar-refractivity contribution in [2.24, 2.45) is 0 Å². The molecule has 0 amide bonds. The number of hydrogen-bond acceptors (Lipinski definition) is 6. The van der Waals surface area contributed by atoms with E-state index in [4.69, 9.17) is 4.42 Å². The summed E-state index contributed by atoms with van der Waals surface area (Å²) in [7, 11) is 2.16. The number of aromatic nitrogens is 1. The Kier molecular flexibility index (Phi) is 4.41. The first-order chi connectivity index (χ1) is 14.0. The van der Waals surface area contributed by atoms with Crippen molar-refractivity contribution >= 4 is 38.2 Å². The summed E-state index contributed by atoms with van der Waals surface area (Å²) in [5, 5.41) is 1.96. The number of nitrogens with zero attached hydrogens (tertiary/aromatic N) is 3. The third-order valence-corrected chi connectivity index (χ3v) is 6.78. The molecule has 5 nitrogen and oxygen atoms in total. The Morgan fingerprint density at radius 2 is 2.00 bits per heavy atom. The Morgan fingerprint density at radius 3 is 2.83 bits per heavy atom. The molecule has 2 aromatic carbocycles. The zero-order valence-electron chi connectivity index (χ0n) is 16.8. The Morgan fingerprint density at radius 1 is 1.14 bits per heavy atom. The molecule has 1 saturated heterocycles. The smallest absolute Gasteiger partial charge is 0.344 e. The van der Waals surface area contributed by atoms with Gasteiger partial charge in [-0.2, -0.15) is 0 Å². The molecule has 148 valence electrons. The van der Waals surface area contributed by atoms with E-state index in [9.17, 15) is 4.79 Å². The molecule has 1 atom stereocenters. The van der Waals surface area contributed by atoms with E-state index in [0.717, 1.165) is 51.5 Å². The number of fused-ring (bicyclic) bond motifs is 2. The molecule has 0 aliphatic carbocycles. The summed E-state index contributed by atoms with van der Waals surface area (Å²) in [6, 6.07) is 14.5. The van der Waals surface area contributed by atoms with E-state index in [0.29, 0.717) is 17.2 Å². The van der Waals surface area contributed by atoms with Gasteiger partial charge in [-0.05, 0) is 56.8 Å². The van der Waals surface area contributed by atoms with Crippen molar-refractivity contribution in [2.75, 3.05) is 31.6 Å². The lowest BCUT2D eigenvalue weighted by atomic mass is 10.1. The highest BCUT2D eigenvalue weighted by Crippen LogP contribution is 2.29. The van der Waals surface area contributed by atoms with Crippen LogP contribution in [-0.4, -0.2) is 42.6 Å². The second kappa shape index (κ2) is 6.97. The minimum atomic E-state index is -0.304. The van der Waals surface area contributed by atoms with E-state index in [1.165, 1.54) is 0 Å². The van der Waals surface area contributed by atoms with Gasteiger partial charge in [0.2, 0.25) is 0 Å². The summed E-state index contributed by atoms with van der Waals surface area (Å²) in [5.41, 5.74) is 3.86. The molecule has 3 heterocycles. The molecule has 1 unspecified atom stereocenters. The molecule has 5 rings (SSSR count). The second-order valence-electron chi connectivity index (χ2n) is 7.86. The lowest BCUT2D eigenvalue weighted by Gasteiger charge is -2.39. The predicted octanol–water partition coefficient (Wildman–Crippen LogP) is 4.52. The average Bonchev–Trinajstić information content (AvgIpc) is 3.08. The SMILES string of the molecule is Cc1nc2ccc(-c3cc4ccc(N5CCN(C)C(C)C5)cc4oc3=O)cc2s1. The van der Waals surface area contributed by atoms with Crippen LogP contribution in [0.3, 0.4) is 0 Å². The second-order valence-corrected chi connectivity index (χ2v) is 9.10. The van der Waals surface area contributed by atoms with Gasteiger partial charge in [0.15, 0.2) is 0 Å². The van der Waals surface area contributed by atoms with Gasteiger partial charge in [-0.15, -0.1) is 11.3 Å². The fraction of sp³-hybridized carbons (Fsp3) is 0.304. The quantitative estimate of drug-likeness (QED) is 0.459. The number of hydrogen-bond donors (Lipinski definition) is 0. The van der Waals surface area contributed by atoms with Crippen LogP contribution in [0.15, 0.2) is 51.7 Å². The summed E-state index contributed by atoms with van der Waals surface area (Å²) >= 11 is 1.64. The number of aryl methyl sites for hydroxylation is 1. The molecule has 4 aromatic rings. The number of benzene rings is 2. The molecule has 1 aliphatic rings. The Hall–Kier alpha value is -2.70. The summed E-state index contributed by atoms with van der Waals surface area (Å²) in [5.74, 6) is 0. The van der Waals surface area contributed by atoms with Crippen LogP contribution in [0.4, 0.5) is 5.69 Å². The zero-order valence-corrected chi connectivity index (χ0v) is 17.6. The molecule has 2 aromatic heterocycles. The molecular weight excluding hydrogens is 382 g/mol. The standard InChI is InChI=1S/C23H23N3O2S/c1-14-13-26(9-8-25(14)3)18-6-4-17-10-19(23(27)28-21(17)12-18)16-5-7-20-22(11-16)29-15(2)24-20/h4-7,10-12,14H,8-9,13H2,1-3H3. The van der Waals surface area contributed by atoms with Crippen molar-refractivity contribution in [3.8, 4) is 11.1 Å². The Balaban J connectivity index is 1.53. The third kappa shape index (κ3) is 3.32. The fourth-order valence-electron chi connectivity index (χ4n) is 3.99. The fourth-order valence-corrected chi connectivity index (χ4v) is 4.85. The number of likely N-dealkylation sites (N-methyl/N-ethyl adjacent to an activating group) is 1. The van der Waals surface area contributed by atoms with Crippen molar-refractivity contribution in [3.63, 3.8) is 0 Å². The van der Waals surface area contributed by atoms with Gasteiger partial charge in [0.1, 0.15) is 5.58 Å². The highest BCUT2D eigenvalue weighted by molar-refractivity contribution is 7.18. The first-order valence-electron chi connectivity index (χ1n) is 9.88. The minimum Gasteiger partial charge on any atom is -0.422 e. The van der Waals surface area contributed by atoms with Gasteiger partial charge in [-0.1, -0.05) is 6.07 Å². The van der Waals surface area contributed by atoms with E-state index in [2.05, 4.69) is 40.9 Å². The predicted molar refractivity (Wildman–Crippen MR) is 120 cm³/mol. The number of rotatable bonds is 2. The monoisotopic (exact) mass is 405 g/mol. The van der Waals surface area contributed by atoms with E-state index in [1.54, 1.807) is 11.3 Å². The summed E-state index contributed by atoms with van der Waals surface area (Å²) in [6.07, 6.45) is 0. The van der Waals surface area contributed by atoms with Crippen LogP contribution in [0.25, 0.3) is 32.3 Å². The van der Waals surface area contributed by atoms with Crippen molar-refractivity contribution in [3.05, 3.63) is 57.9 Å². The van der Waals surface area contributed by atoms with Gasteiger partial charge in [0, 0.05) is 42.8 Å². The number of anilines is 1. The van der Waals surface area contributed by atoms with Crippen LogP contribution in [-0.2, 0) is 0 Å². The molecule has 1 fully saturated rings. The normalized spacial score (nSPS) is 18.0. The average molecular weight is 406 g/mol. The molecule has 0 spiro atoms. The number of piperazine rings is 1. The van der Waals surface area contributed by atoms with Gasteiger partial charge in [-0.25, -0.2) is 9.78 Å². The van der Waals surface area contributed by atoms with Crippen molar-refractivity contribution < 1.29 is 4.42 Å². The highest BCUT2D eigenvalue weighted by Gasteiger charge is 2.21. The van der Waals surface area contributed by atoms with E-state index in [-0.39, 0.29) is 5.63 Å². The summed E-state index contributed by atoms with van der Waals surface area (Å²) in [6.45, 7) is 7.21. The van der Waals surface area contributed by atoms with Gasteiger partial charge in [0.05, 0.1) is 20.8 Å². The summed E-state index contributed by atoms with van der Waals surface area (Å²) in [4.78, 5) is 22.0. The molecule has 0 bridgehead atoms. The minimum absolute atomic E-state index is 0.304. The molecule has 29 heavy (non-hydrogen) atoms. The molecule has 0 N–H and O–H groups in total. The topological polar surface area (TPSA) is 49.6 Å². The molecule has 0 saturated carbocycles. The van der Waals surface area contributed by atoms with Gasteiger partial charge < -0.3 is 14.2 Å². The largest absolute Gasteiger partial charge is 0.422 e. The molecule has 0 radical (unpaired) electrons. The zero-order chi connectivity index (χ0) is 20.1. The first kappa shape index (κ1) is 18.3. The van der Waals surface area contributed by atoms with Crippen LogP contribution in [0.5, 0.6) is 0 Å². The van der Waals surface area contributed by atoms with Gasteiger partial charge >= 0.3 is 5.63 Å². The van der Waals surface area contributed by atoms with Gasteiger partial charge in [0.25, 0.3) is 0 Å². The van der Waals surface area contributed by atoms with E-state index < -0.39 is 0 Å². The maximum Gasteiger partial charge on any atom is 0.344 e. The maximum atomic E-state index is 12.8. The molecule has 1 aliphatic heterocycles.